The molecule has 2 rings (SSSR count). The molecule has 0 aromatic heterocycles. The zero-order chi connectivity index (χ0) is 13.0. The molecule has 0 unspecified atom stereocenters. The molecule has 3 nitrogen and oxygen atoms in total. The second kappa shape index (κ2) is 6.32. The number of rotatable bonds is 4. The van der Waals surface area contributed by atoms with Crippen LogP contribution in [0.1, 0.15) is 42.1 Å². The van der Waals surface area contributed by atoms with Gasteiger partial charge in [0, 0.05) is 6.42 Å². The van der Waals surface area contributed by atoms with E-state index in [0.717, 1.165) is 31.6 Å². The van der Waals surface area contributed by atoms with Gasteiger partial charge in [-0.1, -0.05) is 29.3 Å². The molecule has 3 heteroatoms. The van der Waals surface area contributed by atoms with E-state index in [9.17, 15) is 5.11 Å². The maximum absolute atomic E-state index is 10.2. The van der Waals surface area contributed by atoms with Crippen molar-refractivity contribution in [3.63, 3.8) is 0 Å². The highest BCUT2D eigenvalue weighted by Crippen LogP contribution is 2.23. The van der Waals surface area contributed by atoms with E-state index in [1.165, 1.54) is 11.1 Å². The highest BCUT2D eigenvalue weighted by Gasteiger charge is 2.17. The monoisotopic (exact) mass is 250 g/mol. The average Bonchev–Trinajstić information content (AvgIpc) is 2.36. The lowest BCUT2D eigenvalue weighted by Crippen LogP contribution is -2.25. The number of aliphatic hydroxyl groups excluding tert-OH is 1. The number of hydrogen-bond acceptors (Lipinski definition) is 3. The summed E-state index contributed by atoms with van der Waals surface area (Å²) < 4.78 is 11.0. The van der Waals surface area contributed by atoms with Gasteiger partial charge in [0.25, 0.3) is 0 Å². The topological polar surface area (TPSA) is 38.7 Å². The van der Waals surface area contributed by atoms with Crippen LogP contribution in [-0.4, -0.2) is 24.6 Å². The molecule has 100 valence electrons. The highest BCUT2D eigenvalue weighted by atomic mass is 16.7. The molecule has 1 aromatic carbocycles. The Bertz CT molecular complexity index is 363. The molecule has 0 saturated carbocycles. The van der Waals surface area contributed by atoms with Crippen LogP contribution in [0.15, 0.2) is 18.2 Å². The molecule has 1 fully saturated rings. The molecule has 0 spiro atoms. The molecular weight excluding hydrogens is 228 g/mol. The van der Waals surface area contributed by atoms with Crippen molar-refractivity contribution in [2.45, 2.75) is 45.5 Å². The summed E-state index contributed by atoms with van der Waals surface area (Å²) in [5.41, 5.74) is 3.37. The highest BCUT2D eigenvalue weighted by molar-refractivity contribution is 5.29. The van der Waals surface area contributed by atoms with Crippen LogP contribution in [0.2, 0.25) is 0 Å². The Balaban J connectivity index is 1.88. The van der Waals surface area contributed by atoms with Crippen molar-refractivity contribution in [2.75, 3.05) is 13.2 Å². The third-order valence-corrected chi connectivity index (χ3v) is 3.20. The summed E-state index contributed by atoms with van der Waals surface area (Å²) in [5, 5.41) is 10.2. The number of aliphatic hydroxyl groups is 1. The first-order valence-corrected chi connectivity index (χ1v) is 6.64. The van der Waals surface area contributed by atoms with Crippen molar-refractivity contribution in [1.29, 1.82) is 0 Å². The average molecular weight is 250 g/mol. The maximum Gasteiger partial charge on any atom is 0.157 e. The van der Waals surface area contributed by atoms with Crippen LogP contribution in [0.25, 0.3) is 0 Å². The van der Waals surface area contributed by atoms with Gasteiger partial charge in [-0.3, -0.25) is 0 Å². The molecule has 1 saturated heterocycles. The van der Waals surface area contributed by atoms with Crippen LogP contribution in [0.3, 0.4) is 0 Å². The van der Waals surface area contributed by atoms with E-state index in [-0.39, 0.29) is 6.29 Å². The van der Waals surface area contributed by atoms with Gasteiger partial charge in [-0.15, -0.1) is 0 Å². The van der Waals surface area contributed by atoms with E-state index in [4.69, 9.17) is 9.47 Å². The van der Waals surface area contributed by atoms with E-state index in [1.807, 2.05) is 12.1 Å². The summed E-state index contributed by atoms with van der Waals surface area (Å²) in [7, 11) is 0. The molecule has 18 heavy (non-hydrogen) atoms. The van der Waals surface area contributed by atoms with Gasteiger partial charge in [-0.05, 0) is 32.3 Å². The smallest absolute Gasteiger partial charge is 0.157 e. The Labute approximate surface area is 109 Å². The lowest BCUT2D eigenvalue weighted by Gasteiger charge is -2.24. The van der Waals surface area contributed by atoms with Crippen molar-refractivity contribution in [3.8, 4) is 0 Å². The minimum atomic E-state index is -0.433. The normalized spacial score (nSPS) is 18.8. The first-order valence-electron chi connectivity index (χ1n) is 6.64. The predicted octanol–water partition coefficient (Wildman–Crippen LogP) is 2.88. The van der Waals surface area contributed by atoms with Crippen LogP contribution in [-0.2, 0) is 9.47 Å². The van der Waals surface area contributed by atoms with Crippen LogP contribution in [0.5, 0.6) is 0 Å². The molecule has 1 aliphatic rings. The first kappa shape index (κ1) is 13.5. The Kier molecular flexibility index (Phi) is 4.75. The van der Waals surface area contributed by atoms with Gasteiger partial charge in [-0.2, -0.15) is 0 Å². The van der Waals surface area contributed by atoms with Gasteiger partial charge in [0.15, 0.2) is 6.29 Å². The Morgan fingerprint density at radius 1 is 1.17 bits per heavy atom. The molecule has 1 heterocycles. The van der Waals surface area contributed by atoms with E-state index in [2.05, 4.69) is 19.9 Å². The van der Waals surface area contributed by atoms with Crippen molar-refractivity contribution in [1.82, 2.24) is 0 Å². The molecular formula is C15H22O3. The van der Waals surface area contributed by atoms with Crippen LogP contribution >= 0.6 is 0 Å². The number of ether oxygens (including phenoxy) is 2. The second-order valence-electron chi connectivity index (χ2n) is 5.04. The molecule has 0 aliphatic carbocycles. The SMILES string of the molecule is Cc1cc(C)cc([C@@H](O)CCC2OCCCO2)c1. The fourth-order valence-electron chi connectivity index (χ4n) is 2.37. The van der Waals surface area contributed by atoms with Gasteiger partial charge in [0.1, 0.15) is 0 Å². The summed E-state index contributed by atoms with van der Waals surface area (Å²) >= 11 is 0. The summed E-state index contributed by atoms with van der Waals surface area (Å²) in [6.45, 7) is 5.64. The first-order chi connectivity index (χ1) is 8.65. The molecule has 1 atom stereocenters. The quantitative estimate of drug-likeness (QED) is 0.893. The van der Waals surface area contributed by atoms with E-state index >= 15 is 0 Å². The number of benzene rings is 1. The van der Waals surface area contributed by atoms with Crippen LogP contribution in [0, 0.1) is 13.8 Å². The standard InChI is InChI=1S/C15H22O3/c1-11-8-12(2)10-13(9-11)14(16)4-5-15-17-6-3-7-18-15/h8-10,14-16H,3-7H2,1-2H3/t14-/m0/s1. The fraction of sp³-hybridized carbons (Fsp3) is 0.600. The maximum atomic E-state index is 10.2. The predicted molar refractivity (Wildman–Crippen MR) is 70.4 cm³/mol. The molecule has 0 bridgehead atoms. The van der Waals surface area contributed by atoms with E-state index < -0.39 is 6.10 Å². The van der Waals surface area contributed by atoms with E-state index in [0.29, 0.717) is 6.42 Å². The summed E-state index contributed by atoms with van der Waals surface area (Å²) in [4.78, 5) is 0. The third kappa shape index (κ3) is 3.80. The minimum absolute atomic E-state index is 0.140. The lowest BCUT2D eigenvalue weighted by atomic mass is 10.00. The summed E-state index contributed by atoms with van der Waals surface area (Å²) in [6.07, 6.45) is 1.81. The third-order valence-electron chi connectivity index (χ3n) is 3.20. The van der Waals surface area contributed by atoms with E-state index in [1.54, 1.807) is 0 Å². The van der Waals surface area contributed by atoms with Gasteiger partial charge >= 0.3 is 0 Å². The van der Waals surface area contributed by atoms with Gasteiger partial charge < -0.3 is 14.6 Å². The minimum Gasteiger partial charge on any atom is -0.388 e. The molecule has 0 amide bonds. The second-order valence-corrected chi connectivity index (χ2v) is 5.04. The van der Waals surface area contributed by atoms with Gasteiger partial charge in [0.2, 0.25) is 0 Å². The van der Waals surface area contributed by atoms with Gasteiger partial charge in [0.05, 0.1) is 19.3 Å². The Hall–Kier alpha value is -0.900. The zero-order valence-electron chi connectivity index (χ0n) is 11.2. The van der Waals surface area contributed by atoms with Crippen molar-refractivity contribution >= 4 is 0 Å². The molecule has 1 N–H and O–H groups in total. The summed E-state index contributed by atoms with van der Waals surface area (Å²) in [6, 6.07) is 6.20. The van der Waals surface area contributed by atoms with Gasteiger partial charge in [-0.25, -0.2) is 0 Å². The largest absolute Gasteiger partial charge is 0.388 e. The van der Waals surface area contributed by atoms with Crippen LogP contribution < -0.4 is 0 Å². The van der Waals surface area contributed by atoms with Crippen LogP contribution in [0.4, 0.5) is 0 Å². The molecule has 1 aromatic rings. The summed E-state index contributed by atoms with van der Waals surface area (Å²) in [5.74, 6) is 0. The lowest BCUT2D eigenvalue weighted by molar-refractivity contribution is -0.183. The fourth-order valence-corrected chi connectivity index (χ4v) is 2.37. The van der Waals surface area contributed by atoms with Crippen molar-refractivity contribution in [2.24, 2.45) is 0 Å². The molecule has 1 aliphatic heterocycles. The zero-order valence-corrected chi connectivity index (χ0v) is 11.2. The van der Waals surface area contributed by atoms with Crippen molar-refractivity contribution in [3.05, 3.63) is 34.9 Å². The Morgan fingerprint density at radius 3 is 2.39 bits per heavy atom. The number of hydrogen-bond donors (Lipinski definition) is 1. The molecule has 0 radical (unpaired) electrons. The Morgan fingerprint density at radius 2 is 1.78 bits per heavy atom. The number of aryl methyl sites for hydroxylation is 2. The van der Waals surface area contributed by atoms with Crippen molar-refractivity contribution < 1.29 is 14.6 Å².